The van der Waals surface area contributed by atoms with Crippen LogP contribution in [-0.4, -0.2) is 62.8 Å². The van der Waals surface area contributed by atoms with Crippen molar-refractivity contribution in [3.8, 4) is 0 Å². The predicted molar refractivity (Wildman–Crippen MR) is 83.0 cm³/mol. The normalized spacial score (nSPS) is 16.0. The molecule has 1 aromatic rings. The van der Waals surface area contributed by atoms with Crippen LogP contribution in [0.2, 0.25) is 0 Å². The van der Waals surface area contributed by atoms with E-state index in [1.165, 1.54) is 28.4 Å². The molecular weight excluding hydrogens is 339 g/mol. The first kappa shape index (κ1) is 18.3. The van der Waals surface area contributed by atoms with Gasteiger partial charge in [-0.2, -0.15) is 4.31 Å². The summed E-state index contributed by atoms with van der Waals surface area (Å²) >= 11 is 0. The molecule has 0 saturated carbocycles. The minimum Gasteiger partial charge on any atom is -0.469 e. The molecule has 1 amide bonds. The Morgan fingerprint density at radius 3 is 2.21 bits per heavy atom. The standard InChI is InChI=1S/C15H19FN2O5S/c1-23-15(20)7-6-14(19)17-8-10-18(11-9-17)24(21,22)13-4-2-12(16)3-5-13/h2-5H,6-11H2,1H3. The van der Waals surface area contributed by atoms with Crippen LogP contribution in [-0.2, 0) is 24.3 Å². The van der Waals surface area contributed by atoms with Gasteiger partial charge in [0.25, 0.3) is 0 Å². The second kappa shape index (κ2) is 7.71. The summed E-state index contributed by atoms with van der Waals surface area (Å²) in [6.07, 6.45) is 0.0425. The van der Waals surface area contributed by atoms with Gasteiger partial charge in [-0.15, -0.1) is 0 Å². The van der Waals surface area contributed by atoms with Crippen molar-refractivity contribution >= 4 is 21.9 Å². The Morgan fingerprint density at radius 1 is 1.08 bits per heavy atom. The minimum atomic E-state index is -3.70. The molecule has 0 bridgehead atoms. The van der Waals surface area contributed by atoms with Gasteiger partial charge < -0.3 is 9.64 Å². The molecule has 0 atom stereocenters. The molecule has 24 heavy (non-hydrogen) atoms. The second-order valence-corrected chi connectivity index (χ2v) is 7.25. The lowest BCUT2D eigenvalue weighted by molar-refractivity contribution is -0.143. The third-order valence-electron chi connectivity index (χ3n) is 3.81. The molecule has 1 fully saturated rings. The number of hydrogen-bond acceptors (Lipinski definition) is 5. The van der Waals surface area contributed by atoms with E-state index in [9.17, 15) is 22.4 Å². The highest BCUT2D eigenvalue weighted by atomic mass is 32.2. The Hall–Kier alpha value is -2.00. The largest absolute Gasteiger partial charge is 0.469 e. The van der Waals surface area contributed by atoms with Gasteiger partial charge in [0.15, 0.2) is 0 Å². The number of amides is 1. The number of halogens is 1. The summed E-state index contributed by atoms with van der Waals surface area (Å²) in [6.45, 7) is 0.814. The number of rotatable bonds is 5. The maximum atomic E-state index is 12.9. The first-order chi connectivity index (χ1) is 11.3. The van der Waals surface area contributed by atoms with Crippen molar-refractivity contribution in [2.24, 2.45) is 0 Å². The van der Waals surface area contributed by atoms with Gasteiger partial charge in [0.05, 0.1) is 18.4 Å². The molecule has 9 heteroatoms. The summed E-state index contributed by atoms with van der Waals surface area (Å²) < 4.78 is 43.6. The van der Waals surface area contributed by atoms with E-state index in [1.807, 2.05) is 0 Å². The Kier molecular flexibility index (Phi) is 5.89. The van der Waals surface area contributed by atoms with Crippen molar-refractivity contribution in [1.82, 2.24) is 9.21 Å². The van der Waals surface area contributed by atoms with Crippen LogP contribution in [0.5, 0.6) is 0 Å². The zero-order chi connectivity index (χ0) is 17.7. The highest BCUT2D eigenvalue weighted by Gasteiger charge is 2.30. The maximum Gasteiger partial charge on any atom is 0.306 e. The van der Waals surface area contributed by atoms with E-state index in [0.717, 1.165) is 12.1 Å². The molecule has 0 unspecified atom stereocenters. The second-order valence-electron chi connectivity index (χ2n) is 5.31. The first-order valence-electron chi connectivity index (χ1n) is 7.45. The van der Waals surface area contributed by atoms with Gasteiger partial charge in [0.2, 0.25) is 15.9 Å². The van der Waals surface area contributed by atoms with Gasteiger partial charge in [-0.05, 0) is 24.3 Å². The third-order valence-corrected chi connectivity index (χ3v) is 5.73. The Labute approximate surface area is 140 Å². The summed E-state index contributed by atoms with van der Waals surface area (Å²) in [5.74, 6) is -1.17. The summed E-state index contributed by atoms with van der Waals surface area (Å²) in [4.78, 5) is 24.6. The van der Waals surface area contributed by atoms with Crippen LogP contribution in [0.4, 0.5) is 4.39 Å². The predicted octanol–water partition coefficient (Wildman–Crippen LogP) is 0.612. The van der Waals surface area contributed by atoms with E-state index in [0.29, 0.717) is 0 Å². The van der Waals surface area contributed by atoms with E-state index < -0.39 is 21.8 Å². The molecule has 1 aliphatic rings. The quantitative estimate of drug-likeness (QED) is 0.720. The fourth-order valence-corrected chi connectivity index (χ4v) is 3.82. The number of piperazine rings is 1. The Morgan fingerprint density at radius 2 is 1.67 bits per heavy atom. The summed E-state index contributed by atoms with van der Waals surface area (Å²) in [5.41, 5.74) is 0. The van der Waals surface area contributed by atoms with E-state index in [4.69, 9.17) is 0 Å². The van der Waals surface area contributed by atoms with Crippen LogP contribution in [0.15, 0.2) is 29.2 Å². The first-order valence-corrected chi connectivity index (χ1v) is 8.89. The van der Waals surface area contributed by atoms with Crippen molar-refractivity contribution in [3.63, 3.8) is 0 Å². The van der Waals surface area contributed by atoms with Gasteiger partial charge in [0, 0.05) is 32.6 Å². The van der Waals surface area contributed by atoms with Crippen molar-refractivity contribution in [1.29, 1.82) is 0 Å². The van der Waals surface area contributed by atoms with Crippen molar-refractivity contribution in [2.75, 3.05) is 33.3 Å². The number of ether oxygens (including phenoxy) is 1. The number of sulfonamides is 1. The topological polar surface area (TPSA) is 84.0 Å². The molecule has 1 aromatic carbocycles. The number of esters is 1. The summed E-state index contributed by atoms with van der Waals surface area (Å²) in [6, 6.07) is 4.63. The molecule has 0 spiro atoms. The SMILES string of the molecule is COC(=O)CCC(=O)N1CCN(S(=O)(=O)c2ccc(F)cc2)CC1. The molecule has 0 aromatic heterocycles. The number of benzene rings is 1. The molecule has 132 valence electrons. The highest BCUT2D eigenvalue weighted by molar-refractivity contribution is 7.89. The van der Waals surface area contributed by atoms with Gasteiger partial charge >= 0.3 is 5.97 Å². The van der Waals surface area contributed by atoms with Gasteiger partial charge in [-0.1, -0.05) is 0 Å². The van der Waals surface area contributed by atoms with E-state index >= 15 is 0 Å². The zero-order valence-electron chi connectivity index (χ0n) is 13.3. The van der Waals surface area contributed by atoms with Crippen LogP contribution >= 0.6 is 0 Å². The molecule has 0 radical (unpaired) electrons. The van der Waals surface area contributed by atoms with E-state index in [-0.39, 0.29) is 49.8 Å². The maximum absolute atomic E-state index is 12.9. The van der Waals surface area contributed by atoms with Gasteiger partial charge in [0.1, 0.15) is 5.82 Å². The number of carbonyl (C=O) groups excluding carboxylic acids is 2. The molecule has 1 saturated heterocycles. The average Bonchev–Trinajstić information content (AvgIpc) is 2.59. The fraction of sp³-hybridized carbons (Fsp3) is 0.467. The Bertz CT molecular complexity index is 697. The van der Waals surface area contributed by atoms with Crippen LogP contribution in [0.25, 0.3) is 0 Å². The zero-order valence-corrected chi connectivity index (χ0v) is 14.1. The lowest BCUT2D eigenvalue weighted by Crippen LogP contribution is -2.50. The van der Waals surface area contributed by atoms with Crippen LogP contribution in [0, 0.1) is 5.82 Å². The molecule has 0 N–H and O–H groups in total. The fourth-order valence-electron chi connectivity index (χ4n) is 2.40. The number of nitrogens with zero attached hydrogens (tertiary/aromatic N) is 2. The van der Waals surface area contributed by atoms with Gasteiger partial charge in [-0.25, -0.2) is 12.8 Å². The van der Waals surface area contributed by atoms with E-state index in [1.54, 1.807) is 0 Å². The van der Waals surface area contributed by atoms with Crippen LogP contribution in [0.1, 0.15) is 12.8 Å². The highest BCUT2D eigenvalue weighted by Crippen LogP contribution is 2.18. The monoisotopic (exact) mass is 358 g/mol. The third kappa shape index (κ3) is 4.30. The summed E-state index contributed by atoms with van der Waals surface area (Å²) in [5, 5.41) is 0. The molecule has 1 heterocycles. The smallest absolute Gasteiger partial charge is 0.306 e. The molecule has 2 rings (SSSR count). The summed E-state index contributed by atoms with van der Waals surface area (Å²) in [7, 11) is -2.45. The number of carbonyl (C=O) groups is 2. The van der Waals surface area contributed by atoms with Crippen LogP contribution < -0.4 is 0 Å². The molecule has 7 nitrogen and oxygen atoms in total. The minimum absolute atomic E-state index is 0.00340. The average molecular weight is 358 g/mol. The van der Waals surface area contributed by atoms with E-state index in [2.05, 4.69) is 4.74 Å². The molecule has 0 aliphatic carbocycles. The van der Waals surface area contributed by atoms with Crippen molar-refractivity contribution < 1.29 is 27.1 Å². The molecular formula is C15H19FN2O5S. The lowest BCUT2D eigenvalue weighted by atomic mass is 10.2. The van der Waals surface area contributed by atoms with Gasteiger partial charge in [-0.3, -0.25) is 9.59 Å². The number of hydrogen-bond donors (Lipinski definition) is 0. The van der Waals surface area contributed by atoms with Crippen molar-refractivity contribution in [2.45, 2.75) is 17.7 Å². The molecule has 1 aliphatic heterocycles. The lowest BCUT2D eigenvalue weighted by Gasteiger charge is -2.34. The van der Waals surface area contributed by atoms with Crippen LogP contribution in [0.3, 0.4) is 0 Å². The number of methoxy groups -OCH3 is 1. The Balaban J connectivity index is 1.93. The van der Waals surface area contributed by atoms with Crippen molar-refractivity contribution in [3.05, 3.63) is 30.1 Å².